The number of amides is 1. The summed E-state index contributed by atoms with van der Waals surface area (Å²) in [5.41, 5.74) is 0. The van der Waals surface area contributed by atoms with E-state index >= 15 is 0 Å². The number of aromatic nitrogens is 3. The summed E-state index contributed by atoms with van der Waals surface area (Å²) < 4.78 is 7.63. The number of nitrogens with zero attached hydrogens (tertiary/aromatic N) is 4. The molecule has 2 aromatic heterocycles. The van der Waals surface area contributed by atoms with Crippen LogP contribution in [0.4, 0.5) is 0 Å². The molecule has 1 aliphatic rings. The molecule has 1 saturated heterocycles. The second kappa shape index (κ2) is 6.39. The van der Waals surface area contributed by atoms with E-state index in [0.717, 1.165) is 19.4 Å². The fourth-order valence-corrected chi connectivity index (χ4v) is 2.49. The fourth-order valence-electron chi connectivity index (χ4n) is 2.49. The van der Waals surface area contributed by atoms with Crippen molar-refractivity contribution in [3.05, 3.63) is 43.0 Å². The highest BCUT2D eigenvalue weighted by molar-refractivity contribution is 5.76. The smallest absolute Gasteiger partial charge is 0.316 e. The van der Waals surface area contributed by atoms with E-state index < -0.39 is 0 Å². The SMILES string of the molecule is O=C(Cn1cccc1)N1CCC[C@@H](Oc2ncccn2)C1. The van der Waals surface area contributed by atoms with Crippen molar-refractivity contribution < 1.29 is 9.53 Å². The number of rotatable bonds is 4. The standard InChI is InChI=1S/C15H18N4O2/c20-14(12-18-8-1-2-9-18)19-10-3-5-13(11-19)21-15-16-6-4-7-17-15/h1-2,4,6-9,13H,3,5,10-12H2/t13-/m1/s1. The zero-order valence-corrected chi connectivity index (χ0v) is 11.8. The quantitative estimate of drug-likeness (QED) is 0.851. The maximum Gasteiger partial charge on any atom is 0.316 e. The molecular formula is C15H18N4O2. The van der Waals surface area contributed by atoms with E-state index in [1.54, 1.807) is 18.5 Å². The molecule has 1 amide bonds. The van der Waals surface area contributed by atoms with E-state index in [4.69, 9.17) is 4.74 Å². The van der Waals surface area contributed by atoms with E-state index in [-0.39, 0.29) is 12.0 Å². The molecule has 0 N–H and O–H groups in total. The molecule has 0 radical (unpaired) electrons. The van der Waals surface area contributed by atoms with Crippen molar-refractivity contribution in [2.45, 2.75) is 25.5 Å². The first kappa shape index (κ1) is 13.6. The summed E-state index contributed by atoms with van der Waals surface area (Å²) in [6.45, 7) is 1.76. The van der Waals surface area contributed by atoms with Gasteiger partial charge < -0.3 is 14.2 Å². The van der Waals surface area contributed by atoms with Crippen molar-refractivity contribution in [1.29, 1.82) is 0 Å². The summed E-state index contributed by atoms with van der Waals surface area (Å²) in [5, 5.41) is 0. The highest BCUT2D eigenvalue weighted by atomic mass is 16.5. The van der Waals surface area contributed by atoms with Crippen LogP contribution in [0.5, 0.6) is 6.01 Å². The zero-order chi connectivity index (χ0) is 14.5. The molecule has 1 aliphatic heterocycles. The molecule has 0 saturated carbocycles. The highest BCUT2D eigenvalue weighted by Gasteiger charge is 2.25. The molecular weight excluding hydrogens is 268 g/mol. The van der Waals surface area contributed by atoms with Gasteiger partial charge in [-0.15, -0.1) is 0 Å². The largest absolute Gasteiger partial charge is 0.458 e. The van der Waals surface area contributed by atoms with Gasteiger partial charge in [0.25, 0.3) is 0 Å². The van der Waals surface area contributed by atoms with Crippen molar-refractivity contribution >= 4 is 5.91 Å². The van der Waals surface area contributed by atoms with E-state index in [1.165, 1.54) is 0 Å². The molecule has 0 unspecified atom stereocenters. The minimum atomic E-state index is -0.0326. The molecule has 0 aliphatic carbocycles. The number of carbonyl (C=O) groups is 1. The van der Waals surface area contributed by atoms with Crippen molar-refractivity contribution in [1.82, 2.24) is 19.4 Å². The van der Waals surface area contributed by atoms with Gasteiger partial charge in [-0.3, -0.25) is 4.79 Å². The lowest BCUT2D eigenvalue weighted by atomic mass is 10.1. The third-order valence-electron chi connectivity index (χ3n) is 3.53. The lowest BCUT2D eigenvalue weighted by molar-refractivity contribution is -0.134. The second-order valence-electron chi connectivity index (χ2n) is 5.11. The number of likely N-dealkylation sites (tertiary alicyclic amines) is 1. The normalized spacial score (nSPS) is 18.5. The molecule has 1 fully saturated rings. The van der Waals surface area contributed by atoms with Gasteiger partial charge in [-0.25, -0.2) is 9.97 Å². The molecule has 110 valence electrons. The molecule has 0 bridgehead atoms. The molecule has 21 heavy (non-hydrogen) atoms. The monoisotopic (exact) mass is 286 g/mol. The molecule has 6 heteroatoms. The molecule has 0 spiro atoms. The fraction of sp³-hybridized carbons (Fsp3) is 0.400. The third-order valence-corrected chi connectivity index (χ3v) is 3.53. The Hall–Kier alpha value is -2.37. The predicted molar refractivity (Wildman–Crippen MR) is 76.7 cm³/mol. The van der Waals surface area contributed by atoms with Gasteiger partial charge in [-0.05, 0) is 31.0 Å². The Morgan fingerprint density at radius 3 is 2.76 bits per heavy atom. The first-order valence-electron chi connectivity index (χ1n) is 7.13. The van der Waals surface area contributed by atoms with Crippen molar-refractivity contribution in [2.24, 2.45) is 0 Å². The molecule has 6 nitrogen and oxygen atoms in total. The number of carbonyl (C=O) groups excluding carboxylic acids is 1. The van der Waals surface area contributed by atoms with Crippen LogP contribution in [0.3, 0.4) is 0 Å². The van der Waals surface area contributed by atoms with Gasteiger partial charge >= 0.3 is 6.01 Å². The Balaban J connectivity index is 1.56. The van der Waals surface area contributed by atoms with Crippen LogP contribution in [0.1, 0.15) is 12.8 Å². The van der Waals surface area contributed by atoms with Gasteiger partial charge in [-0.2, -0.15) is 0 Å². The maximum atomic E-state index is 12.3. The summed E-state index contributed by atoms with van der Waals surface area (Å²) in [7, 11) is 0. The minimum absolute atomic E-state index is 0.0326. The minimum Gasteiger partial charge on any atom is -0.458 e. The zero-order valence-electron chi connectivity index (χ0n) is 11.8. The van der Waals surface area contributed by atoms with Gasteiger partial charge in [-0.1, -0.05) is 0 Å². The average Bonchev–Trinajstić information content (AvgIpc) is 3.01. The lowest BCUT2D eigenvalue weighted by Gasteiger charge is -2.32. The van der Waals surface area contributed by atoms with Crippen LogP contribution < -0.4 is 4.74 Å². The van der Waals surface area contributed by atoms with E-state index in [9.17, 15) is 4.79 Å². The number of hydrogen-bond acceptors (Lipinski definition) is 4. The van der Waals surface area contributed by atoms with Gasteiger partial charge in [0.1, 0.15) is 12.6 Å². The summed E-state index contributed by atoms with van der Waals surface area (Å²) >= 11 is 0. The third kappa shape index (κ3) is 3.59. The van der Waals surface area contributed by atoms with Gasteiger partial charge in [0.2, 0.25) is 5.91 Å². The maximum absolute atomic E-state index is 12.3. The highest BCUT2D eigenvalue weighted by Crippen LogP contribution is 2.15. The predicted octanol–water partition coefficient (Wildman–Crippen LogP) is 1.35. The van der Waals surface area contributed by atoms with Crippen molar-refractivity contribution in [3.8, 4) is 6.01 Å². The van der Waals surface area contributed by atoms with Crippen LogP contribution in [0.15, 0.2) is 43.0 Å². The van der Waals surface area contributed by atoms with Gasteiger partial charge in [0, 0.05) is 31.3 Å². The summed E-state index contributed by atoms with van der Waals surface area (Å²) in [4.78, 5) is 22.3. The second-order valence-corrected chi connectivity index (χ2v) is 5.11. The Kier molecular flexibility index (Phi) is 4.14. The average molecular weight is 286 g/mol. The van der Waals surface area contributed by atoms with Crippen molar-refractivity contribution in [2.75, 3.05) is 13.1 Å². The Bertz CT molecular complexity index is 571. The Morgan fingerprint density at radius 1 is 1.24 bits per heavy atom. The number of hydrogen-bond donors (Lipinski definition) is 0. The van der Waals surface area contributed by atoms with E-state index in [0.29, 0.717) is 19.1 Å². The van der Waals surface area contributed by atoms with Crippen LogP contribution in [-0.4, -0.2) is 44.5 Å². The summed E-state index contributed by atoms with van der Waals surface area (Å²) in [6.07, 6.45) is 8.93. The van der Waals surface area contributed by atoms with E-state index in [1.807, 2.05) is 34.0 Å². The summed E-state index contributed by atoms with van der Waals surface area (Å²) in [6, 6.07) is 5.97. The topological polar surface area (TPSA) is 60.2 Å². The molecule has 3 heterocycles. The van der Waals surface area contributed by atoms with Gasteiger partial charge in [0.05, 0.1) is 6.54 Å². The Morgan fingerprint density at radius 2 is 2.00 bits per heavy atom. The van der Waals surface area contributed by atoms with Crippen LogP contribution in [0.25, 0.3) is 0 Å². The van der Waals surface area contributed by atoms with Gasteiger partial charge in [0.15, 0.2) is 0 Å². The van der Waals surface area contributed by atoms with E-state index in [2.05, 4.69) is 9.97 Å². The van der Waals surface area contributed by atoms with Crippen LogP contribution in [-0.2, 0) is 11.3 Å². The van der Waals surface area contributed by atoms with Crippen LogP contribution in [0.2, 0.25) is 0 Å². The summed E-state index contributed by atoms with van der Waals surface area (Å²) in [5.74, 6) is 0.119. The number of piperidine rings is 1. The molecule has 0 aromatic carbocycles. The van der Waals surface area contributed by atoms with Crippen molar-refractivity contribution in [3.63, 3.8) is 0 Å². The lowest BCUT2D eigenvalue weighted by Crippen LogP contribution is -2.45. The molecule has 1 atom stereocenters. The van der Waals surface area contributed by atoms with Crippen LogP contribution in [0, 0.1) is 0 Å². The molecule has 3 rings (SSSR count). The first-order chi connectivity index (χ1) is 10.3. The first-order valence-corrected chi connectivity index (χ1v) is 7.13. The van der Waals surface area contributed by atoms with Crippen LogP contribution >= 0.6 is 0 Å². The molecule has 2 aromatic rings. The number of ether oxygens (including phenoxy) is 1. The Labute approximate surface area is 123 Å².